The van der Waals surface area contributed by atoms with Crippen molar-refractivity contribution in [2.24, 2.45) is 0 Å². The van der Waals surface area contributed by atoms with E-state index in [0.717, 1.165) is 0 Å². The summed E-state index contributed by atoms with van der Waals surface area (Å²) in [4.78, 5) is 0. The Hall–Kier alpha value is -1.55. The van der Waals surface area contributed by atoms with Crippen molar-refractivity contribution >= 4 is 33.0 Å². The molecule has 108 valence electrons. The van der Waals surface area contributed by atoms with Crippen LogP contribution in [0, 0.1) is 0 Å². The molecule has 0 saturated heterocycles. The van der Waals surface area contributed by atoms with Gasteiger partial charge in [0, 0.05) is 16.1 Å². The van der Waals surface area contributed by atoms with Crippen LogP contribution in [0.3, 0.4) is 0 Å². The summed E-state index contributed by atoms with van der Waals surface area (Å²) in [5.41, 5.74) is 1.17. The first-order chi connectivity index (χ1) is 10.2. The molecule has 1 unspecified atom stereocenters. The monoisotopic (exact) mass is 318 g/mol. The Kier molecular flexibility index (Phi) is 4.44. The molecule has 3 aromatic rings. The molecule has 2 nitrogen and oxygen atoms in total. The van der Waals surface area contributed by atoms with Crippen LogP contribution in [0.2, 0.25) is 5.02 Å². The molecule has 0 saturated carbocycles. The van der Waals surface area contributed by atoms with Gasteiger partial charge in [0.05, 0.1) is 6.10 Å². The molecule has 0 aliphatic rings. The topological polar surface area (TPSA) is 29.5 Å². The van der Waals surface area contributed by atoms with Gasteiger partial charge in [0.25, 0.3) is 0 Å². The third-order valence-electron chi connectivity index (χ3n) is 3.27. The van der Waals surface area contributed by atoms with Gasteiger partial charge in [-0.05, 0) is 46.7 Å². The molecule has 2 aromatic carbocycles. The van der Waals surface area contributed by atoms with E-state index in [0.29, 0.717) is 17.2 Å². The second kappa shape index (κ2) is 6.48. The Morgan fingerprint density at radius 3 is 2.67 bits per heavy atom. The smallest absolute Gasteiger partial charge is 0.119 e. The lowest BCUT2D eigenvalue weighted by atomic mass is 10.1. The molecule has 1 atom stereocenters. The maximum absolute atomic E-state index is 10.1. The lowest BCUT2D eigenvalue weighted by Gasteiger charge is -2.12. The minimum Gasteiger partial charge on any atom is -0.491 e. The Balaban J connectivity index is 1.61. The molecule has 4 heteroatoms. The number of ether oxygens (including phenoxy) is 1. The minimum atomic E-state index is -0.529. The van der Waals surface area contributed by atoms with E-state index in [1.54, 1.807) is 35.6 Å². The highest BCUT2D eigenvalue weighted by molar-refractivity contribution is 7.17. The van der Waals surface area contributed by atoms with Gasteiger partial charge in [-0.25, -0.2) is 0 Å². The number of hydrogen-bond acceptors (Lipinski definition) is 3. The van der Waals surface area contributed by atoms with E-state index in [4.69, 9.17) is 16.3 Å². The molecule has 0 fully saturated rings. The van der Waals surface area contributed by atoms with Crippen LogP contribution in [0.5, 0.6) is 5.75 Å². The summed E-state index contributed by atoms with van der Waals surface area (Å²) in [6.45, 7) is 0.270. The Labute approximate surface area is 132 Å². The van der Waals surface area contributed by atoms with Crippen LogP contribution in [-0.2, 0) is 6.42 Å². The van der Waals surface area contributed by atoms with E-state index in [-0.39, 0.29) is 6.61 Å². The number of fused-ring (bicyclic) bond motifs is 1. The lowest BCUT2D eigenvalue weighted by Crippen LogP contribution is -2.20. The molecule has 21 heavy (non-hydrogen) atoms. The van der Waals surface area contributed by atoms with Crippen LogP contribution in [0.15, 0.2) is 53.9 Å². The summed E-state index contributed by atoms with van der Waals surface area (Å²) in [5, 5.41) is 14.1. The second-order valence-corrected chi connectivity index (χ2v) is 6.23. The molecule has 0 amide bonds. The van der Waals surface area contributed by atoms with Crippen LogP contribution >= 0.6 is 22.9 Å². The maximum Gasteiger partial charge on any atom is 0.119 e. The van der Waals surface area contributed by atoms with E-state index in [9.17, 15) is 5.11 Å². The van der Waals surface area contributed by atoms with Gasteiger partial charge in [-0.15, -0.1) is 11.3 Å². The first kappa shape index (κ1) is 14.4. The van der Waals surface area contributed by atoms with Gasteiger partial charge in [0.2, 0.25) is 0 Å². The van der Waals surface area contributed by atoms with E-state index in [1.807, 2.05) is 12.1 Å². The number of aliphatic hydroxyl groups excluding tert-OH is 1. The van der Waals surface area contributed by atoms with Crippen molar-refractivity contribution < 1.29 is 9.84 Å². The first-order valence-corrected chi connectivity index (χ1v) is 7.99. The maximum atomic E-state index is 10.1. The number of halogens is 1. The molecule has 3 rings (SSSR count). The summed E-state index contributed by atoms with van der Waals surface area (Å²) in [6.07, 6.45) is 0.0658. The standard InChI is InChI=1S/C17H15ClO2S/c18-13-5-7-15(8-6-13)20-10-14(19)9-12-11-21-17-4-2-1-3-16(12)17/h1-8,11,14,19H,9-10H2. The molecule has 1 heterocycles. The SMILES string of the molecule is OC(COc1ccc(Cl)cc1)Cc1csc2ccccc12. The average molecular weight is 319 g/mol. The molecule has 0 aliphatic heterocycles. The zero-order valence-corrected chi connectivity index (χ0v) is 12.9. The van der Waals surface area contributed by atoms with Crippen molar-refractivity contribution in [3.05, 3.63) is 64.5 Å². The van der Waals surface area contributed by atoms with Crippen LogP contribution in [-0.4, -0.2) is 17.8 Å². The number of hydrogen-bond donors (Lipinski definition) is 1. The fraction of sp³-hybridized carbons (Fsp3) is 0.176. The second-order valence-electron chi connectivity index (χ2n) is 4.88. The average Bonchev–Trinajstić information content (AvgIpc) is 2.90. The Bertz CT molecular complexity index is 721. The van der Waals surface area contributed by atoms with Crippen molar-refractivity contribution in [2.45, 2.75) is 12.5 Å². The minimum absolute atomic E-state index is 0.270. The first-order valence-electron chi connectivity index (χ1n) is 6.74. The van der Waals surface area contributed by atoms with Crippen molar-refractivity contribution in [1.29, 1.82) is 0 Å². The normalized spacial score (nSPS) is 12.5. The van der Waals surface area contributed by atoms with Crippen molar-refractivity contribution in [3.63, 3.8) is 0 Å². The number of aliphatic hydroxyl groups is 1. The van der Waals surface area contributed by atoms with Gasteiger partial charge in [0.1, 0.15) is 12.4 Å². The Morgan fingerprint density at radius 1 is 1.10 bits per heavy atom. The van der Waals surface area contributed by atoms with Gasteiger partial charge in [-0.2, -0.15) is 0 Å². The highest BCUT2D eigenvalue weighted by Gasteiger charge is 2.10. The predicted molar refractivity (Wildman–Crippen MR) is 88.5 cm³/mol. The summed E-state index contributed by atoms with van der Waals surface area (Å²) < 4.78 is 6.83. The summed E-state index contributed by atoms with van der Waals surface area (Å²) >= 11 is 7.53. The van der Waals surface area contributed by atoms with Crippen molar-refractivity contribution in [2.75, 3.05) is 6.61 Å². The largest absolute Gasteiger partial charge is 0.491 e. The number of thiophene rings is 1. The fourth-order valence-corrected chi connectivity index (χ4v) is 3.33. The summed E-state index contributed by atoms with van der Waals surface area (Å²) in [6, 6.07) is 15.4. The van der Waals surface area contributed by atoms with E-state index in [2.05, 4.69) is 17.5 Å². The highest BCUT2D eigenvalue weighted by atomic mass is 35.5. The van der Waals surface area contributed by atoms with E-state index in [1.165, 1.54) is 15.6 Å². The van der Waals surface area contributed by atoms with Crippen LogP contribution < -0.4 is 4.74 Å². The number of benzene rings is 2. The van der Waals surface area contributed by atoms with Gasteiger partial charge in [0.15, 0.2) is 0 Å². The molecule has 0 bridgehead atoms. The van der Waals surface area contributed by atoms with Crippen LogP contribution in [0.4, 0.5) is 0 Å². The van der Waals surface area contributed by atoms with Crippen molar-refractivity contribution in [3.8, 4) is 5.75 Å². The fourth-order valence-electron chi connectivity index (χ4n) is 2.23. The van der Waals surface area contributed by atoms with E-state index >= 15 is 0 Å². The molecular weight excluding hydrogens is 304 g/mol. The lowest BCUT2D eigenvalue weighted by molar-refractivity contribution is 0.108. The molecule has 0 radical (unpaired) electrons. The highest BCUT2D eigenvalue weighted by Crippen LogP contribution is 2.26. The van der Waals surface area contributed by atoms with Crippen LogP contribution in [0.25, 0.3) is 10.1 Å². The zero-order valence-electron chi connectivity index (χ0n) is 11.3. The zero-order chi connectivity index (χ0) is 14.7. The van der Waals surface area contributed by atoms with Gasteiger partial charge >= 0.3 is 0 Å². The van der Waals surface area contributed by atoms with Gasteiger partial charge in [-0.1, -0.05) is 29.8 Å². The summed E-state index contributed by atoms with van der Waals surface area (Å²) in [5.74, 6) is 0.716. The van der Waals surface area contributed by atoms with Gasteiger partial charge < -0.3 is 9.84 Å². The third-order valence-corrected chi connectivity index (χ3v) is 4.54. The summed E-state index contributed by atoms with van der Waals surface area (Å²) in [7, 11) is 0. The number of rotatable bonds is 5. The quantitative estimate of drug-likeness (QED) is 0.748. The van der Waals surface area contributed by atoms with Crippen molar-refractivity contribution in [1.82, 2.24) is 0 Å². The molecule has 1 aromatic heterocycles. The van der Waals surface area contributed by atoms with E-state index < -0.39 is 6.10 Å². The molecular formula is C17H15ClO2S. The van der Waals surface area contributed by atoms with Gasteiger partial charge in [-0.3, -0.25) is 0 Å². The molecule has 0 aliphatic carbocycles. The molecule has 0 spiro atoms. The predicted octanol–water partition coefficient (Wildman–Crippen LogP) is 4.54. The van der Waals surface area contributed by atoms with Crippen LogP contribution in [0.1, 0.15) is 5.56 Å². The molecule has 1 N–H and O–H groups in total. The third kappa shape index (κ3) is 3.56. The Morgan fingerprint density at radius 2 is 1.86 bits per heavy atom.